The lowest BCUT2D eigenvalue weighted by Gasteiger charge is -2.40. The van der Waals surface area contributed by atoms with Gasteiger partial charge in [0.2, 0.25) is 0 Å². The molecule has 0 bridgehead atoms. The lowest BCUT2D eigenvalue weighted by molar-refractivity contribution is -0.282. The summed E-state index contributed by atoms with van der Waals surface area (Å²) in [5, 5.41) is 38.0. The summed E-state index contributed by atoms with van der Waals surface area (Å²) in [6, 6.07) is 7.11. The summed E-state index contributed by atoms with van der Waals surface area (Å²) in [5.74, 6) is 0.486. The van der Waals surface area contributed by atoms with Gasteiger partial charge in [0.05, 0.1) is 6.61 Å². The van der Waals surface area contributed by atoms with Crippen molar-refractivity contribution in [1.29, 1.82) is 0 Å². The molecule has 19 heavy (non-hydrogen) atoms. The highest BCUT2D eigenvalue weighted by molar-refractivity contribution is 5.26. The average Bonchev–Trinajstić information content (AvgIpc) is 2.41. The van der Waals surface area contributed by atoms with Gasteiger partial charge in [-0.3, -0.25) is 0 Å². The Morgan fingerprint density at radius 1 is 1.11 bits per heavy atom. The van der Waals surface area contributed by atoms with Crippen LogP contribution in [0.1, 0.15) is 5.56 Å². The Labute approximate surface area is 110 Å². The van der Waals surface area contributed by atoms with Gasteiger partial charge >= 0.3 is 0 Å². The first-order valence-corrected chi connectivity index (χ1v) is 6.07. The van der Waals surface area contributed by atoms with Crippen molar-refractivity contribution in [3.8, 4) is 5.75 Å². The molecule has 106 valence electrons. The zero-order valence-corrected chi connectivity index (χ0v) is 10.5. The van der Waals surface area contributed by atoms with E-state index in [4.69, 9.17) is 9.47 Å². The molecule has 1 fully saturated rings. The van der Waals surface area contributed by atoms with E-state index < -0.39 is 37.3 Å². The van der Waals surface area contributed by atoms with Crippen LogP contribution in [0.5, 0.6) is 5.75 Å². The molecule has 0 aromatic heterocycles. The zero-order valence-electron chi connectivity index (χ0n) is 10.5. The van der Waals surface area contributed by atoms with E-state index in [0.717, 1.165) is 5.56 Å². The molecule has 5 unspecified atom stereocenters. The molecule has 2 rings (SSSR count). The highest BCUT2D eigenvalue weighted by atomic mass is 16.7. The fourth-order valence-electron chi connectivity index (χ4n) is 1.99. The third-order valence-corrected chi connectivity index (χ3v) is 3.13. The summed E-state index contributed by atoms with van der Waals surface area (Å²) in [5.41, 5.74) is 1.06. The molecule has 4 N–H and O–H groups in total. The van der Waals surface area contributed by atoms with Gasteiger partial charge in [-0.05, 0) is 19.1 Å². The Morgan fingerprint density at radius 2 is 1.74 bits per heavy atom. The molecule has 1 aromatic rings. The molecule has 6 heteroatoms. The lowest BCUT2D eigenvalue weighted by Crippen LogP contribution is -2.60. The number of rotatable bonds is 3. The number of benzene rings is 1. The highest BCUT2D eigenvalue weighted by Crippen LogP contribution is 2.24. The quantitative estimate of drug-likeness (QED) is 0.572. The van der Waals surface area contributed by atoms with Crippen molar-refractivity contribution in [2.75, 3.05) is 6.61 Å². The molecule has 5 atom stereocenters. The van der Waals surface area contributed by atoms with Gasteiger partial charge in [0.15, 0.2) is 12.4 Å². The zero-order chi connectivity index (χ0) is 14.0. The van der Waals surface area contributed by atoms with E-state index >= 15 is 0 Å². The monoisotopic (exact) mass is 270 g/mol. The summed E-state index contributed by atoms with van der Waals surface area (Å²) in [6.45, 7) is 1.50. The first-order chi connectivity index (χ1) is 9.02. The van der Waals surface area contributed by atoms with Crippen LogP contribution in [0.4, 0.5) is 0 Å². The molecule has 0 saturated carbocycles. The fourth-order valence-corrected chi connectivity index (χ4v) is 1.99. The van der Waals surface area contributed by atoms with Crippen molar-refractivity contribution in [3.63, 3.8) is 0 Å². The minimum absolute atomic E-state index is 0.433. The van der Waals surface area contributed by atoms with Gasteiger partial charge < -0.3 is 29.9 Å². The number of aliphatic hydroxyl groups excluding tert-OH is 4. The molecule has 0 amide bonds. The minimum Gasteiger partial charge on any atom is -0.485 e. The molecule has 6 nitrogen and oxygen atoms in total. The summed E-state index contributed by atoms with van der Waals surface area (Å²) in [4.78, 5) is 0. The molecular formula is C13H18O6. The number of aliphatic hydroxyl groups is 4. The Balaban J connectivity index is 2.13. The van der Waals surface area contributed by atoms with E-state index in [1.54, 1.807) is 12.1 Å². The Kier molecular flexibility index (Phi) is 4.38. The molecule has 1 saturated heterocycles. The summed E-state index contributed by atoms with van der Waals surface area (Å²) in [6.07, 6.45) is -6.22. The maximum atomic E-state index is 9.90. The van der Waals surface area contributed by atoms with Crippen LogP contribution in [0.25, 0.3) is 0 Å². The second-order valence-electron chi connectivity index (χ2n) is 4.62. The first-order valence-electron chi connectivity index (χ1n) is 6.07. The largest absolute Gasteiger partial charge is 0.485 e. The van der Waals surface area contributed by atoms with Gasteiger partial charge in [0.25, 0.3) is 0 Å². The van der Waals surface area contributed by atoms with Crippen molar-refractivity contribution >= 4 is 0 Å². The van der Waals surface area contributed by atoms with Crippen LogP contribution in [0, 0.1) is 6.92 Å². The normalized spacial score (nSPS) is 35.1. The second kappa shape index (κ2) is 5.85. The molecule has 0 aliphatic carbocycles. The van der Waals surface area contributed by atoms with Crippen molar-refractivity contribution in [2.24, 2.45) is 0 Å². The van der Waals surface area contributed by atoms with Crippen LogP contribution in [-0.2, 0) is 4.74 Å². The summed E-state index contributed by atoms with van der Waals surface area (Å²) in [7, 11) is 0. The molecule has 1 aromatic carbocycles. The third kappa shape index (κ3) is 3.05. The first kappa shape index (κ1) is 14.2. The summed E-state index contributed by atoms with van der Waals surface area (Å²) >= 11 is 0. The number of hydrogen-bond donors (Lipinski definition) is 4. The van der Waals surface area contributed by atoms with Crippen LogP contribution in [0.15, 0.2) is 24.3 Å². The van der Waals surface area contributed by atoms with Crippen molar-refractivity contribution in [1.82, 2.24) is 0 Å². The van der Waals surface area contributed by atoms with Crippen molar-refractivity contribution < 1.29 is 29.9 Å². The molecule has 1 aliphatic rings. The molecule has 0 spiro atoms. The predicted molar refractivity (Wildman–Crippen MR) is 65.6 cm³/mol. The molecular weight excluding hydrogens is 252 g/mol. The Morgan fingerprint density at radius 3 is 2.32 bits per heavy atom. The van der Waals surface area contributed by atoms with Crippen LogP contribution < -0.4 is 4.74 Å². The van der Waals surface area contributed by atoms with Gasteiger partial charge in [-0.1, -0.05) is 17.7 Å². The number of hydrogen-bond acceptors (Lipinski definition) is 6. The average molecular weight is 270 g/mol. The Bertz CT molecular complexity index is 404. The molecule has 1 heterocycles. The minimum atomic E-state index is -1.54. The van der Waals surface area contributed by atoms with E-state index in [2.05, 4.69) is 0 Å². The number of aryl methyl sites for hydroxylation is 1. The molecule has 0 radical (unpaired) electrons. The Hall–Kier alpha value is -1.18. The maximum absolute atomic E-state index is 9.90. The smallest absolute Gasteiger partial charge is 0.184 e. The van der Waals surface area contributed by atoms with E-state index in [0.29, 0.717) is 5.75 Å². The summed E-state index contributed by atoms with van der Waals surface area (Å²) < 4.78 is 10.5. The molecule has 1 aliphatic heterocycles. The predicted octanol–water partition coefficient (Wildman–Crippen LogP) is -0.826. The van der Waals surface area contributed by atoms with Crippen LogP contribution in [0.3, 0.4) is 0 Å². The third-order valence-electron chi connectivity index (χ3n) is 3.13. The van der Waals surface area contributed by atoms with Gasteiger partial charge in [0.1, 0.15) is 24.1 Å². The topological polar surface area (TPSA) is 99.4 Å². The standard InChI is InChI=1S/C13H18O6/c1-7-2-4-8(5-3-7)18-12-9(6-14)19-13(17)11(16)10(12)15/h2-5,9-17H,6H2,1H3. The SMILES string of the molecule is Cc1ccc(OC2C(CO)OC(O)C(O)C2O)cc1. The van der Waals surface area contributed by atoms with Crippen molar-refractivity contribution in [2.45, 2.75) is 37.6 Å². The van der Waals surface area contributed by atoms with Crippen molar-refractivity contribution in [3.05, 3.63) is 29.8 Å². The lowest BCUT2D eigenvalue weighted by atomic mass is 9.99. The fraction of sp³-hybridized carbons (Fsp3) is 0.538. The van der Waals surface area contributed by atoms with Crippen LogP contribution in [-0.4, -0.2) is 57.7 Å². The highest BCUT2D eigenvalue weighted by Gasteiger charge is 2.45. The van der Waals surface area contributed by atoms with Crippen LogP contribution >= 0.6 is 0 Å². The second-order valence-corrected chi connectivity index (χ2v) is 4.62. The van der Waals surface area contributed by atoms with Gasteiger partial charge in [-0.25, -0.2) is 0 Å². The van der Waals surface area contributed by atoms with Crippen LogP contribution in [0.2, 0.25) is 0 Å². The van der Waals surface area contributed by atoms with E-state index in [-0.39, 0.29) is 0 Å². The van der Waals surface area contributed by atoms with Gasteiger partial charge in [0, 0.05) is 0 Å². The maximum Gasteiger partial charge on any atom is 0.184 e. The van der Waals surface area contributed by atoms with E-state index in [1.165, 1.54) is 0 Å². The van der Waals surface area contributed by atoms with E-state index in [1.807, 2.05) is 19.1 Å². The van der Waals surface area contributed by atoms with E-state index in [9.17, 15) is 20.4 Å². The van der Waals surface area contributed by atoms with Gasteiger partial charge in [-0.15, -0.1) is 0 Å². The number of ether oxygens (including phenoxy) is 2. The van der Waals surface area contributed by atoms with Gasteiger partial charge in [-0.2, -0.15) is 0 Å².